The highest BCUT2D eigenvalue weighted by Crippen LogP contribution is 2.35. The molecule has 18 heavy (non-hydrogen) atoms. The van der Waals surface area contributed by atoms with E-state index in [2.05, 4.69) is 27.6 Å². The van der Waals surface area contributed by atoms with Crippen LogP contribution in [-0.2, 0) is 9.47 Å². The van der Waals surface area contributed by atoms with E-state index in [0.717, 1.165) is 19.1 Å². The smallest absolute Gasteiger partial charge is 0.203 e. The second-order valence-corrected chi connectivity index (χ2v) is 7.01. The number of thiazole rings is 1. The Kier molecular flexibility index (Phi) is 3.86. The van der Waals surface area contributed by atoms with Crippen LogP contribution in [0.5, 0.6) is 0 Å². The molecule has 3 nitrogen and oxygen atoms in total. The average Bonchev–Trinajstić information content (AvgIpc) is 2.97. The quantitative estimate of drug-likeness (QED) is 0.720. The standard InChI is InChI=1S/C12H9ClINO2S/c13-8-3-1-2-7(6-8)11-15-9(10(14)18-11)12-16-4-5-17-12/h1-3,6,12H,4-5H2. The van der Waals surface area contributed by atoms with Gasteiger partial charge in [0.2, 0.25) is 6.29 Å². The fourth-order valence-electron chi connectivity index (χ4n) is 1.72. The van der Waals surface area contributed by atoms with Crippen LogP contribution in [0.25, 0.3) is 10.6 Å². The molecule has 6 heteroatoms. The first-order chi connectivity index (χ1) is 8.74. The van der Waals surface area contributed by atoms with Gasteiger partial charge in [-0.1, -0.05) is 23.7 Å². The van der Waals surface area contributed by atoms with E-state index in [9.17, 15) is 0 Å². The molecule has 0 spiro atoms. The molecule has 1 fully saturated rings. The van der Waals surface area contributed by atoms with Crippen LogP contribution in [0.3, 0.4) is 0 Å². The average molecular weight is 394 g/mol. The molecule has 1 aliphatic heterocycles. The zero-order valence-corrected chi connectivity index (χ0v) is 13.0. The first-order valence-electron chi connectivity index (χ1n) is 5.39. The third kappa shape index (κ3) is 2.55. The number of halogens is 2. The van der Waals surface area contributed by atoms with Gasteiger partial charge in [-0.25, -0.2) is 4.98 Å². The van der Waals surface area contributed by atoms with Gasteiger partial charge >= 0.3 is 0 Å². The minimum atomic E-state index is -0.318. The van der Waals surface area contributed by atoms with Crippen LogP contribution in [0.1, 0.15) is 12.0 Å². The van der Waals surface area contributed by atoms with Gasteiger partial charge < -0.3 is 9.47 Å². The molecule has 0 unspecified atom stereocenters. The Bertz CT molecular complexity index is 569. The van der Waals surface area contributed by atoms with E-state index in [1.807, 2.05) is 24.3 Å². The lowest BCUT2D eigenvalue weighted by Crippen LogP contribution is -2.00. The lowest BCUT2D eigenvalue weighted by atomic mass is 10.2. The van der Waals surface area contributed by atoms with Crippen molar-refractivity contribution in [3.8, 4) is 10.6 Å². The molecule has 0 N–H and O–H groups in total. The topological polar surface area (TPSA) is 31.4 Å². The van der Waals surface area contributed by atoms with E-state index in [-0.39, 0.29) is 6.29 Å². The maximum atomic E-state index is 5.99. The summed E-state index contributed by atoms with van der Waals surface area (Å²) >= 11 is 9.88. The van der Waals surface area contributed by atoms with Crippen LogP contribution in [0.4, 0.5) is 0 Å². The van der Waals surface area contributed by atoms with E-state index in [1.165, 1.54) is 0 Å². The lowest BCUT2D eigenvalue weighted by Gasteiger charge is -2.05. The van der Waals surface area contributed by atoms with Gasteiger partial charge in [0.1, 0.15) is 10.7 Å². The number of aromatic nitrogens is 1. The summed E-state index contributed by atoms with van der Waals surface area (Å²) in [4.78, 5) is 4.61. The summed E-state index contributed by atoms with van der Waals surface area (Å²) in [5, 5.41) is 1.66. The Morgan fingerprint density at radius 1 is 1.33 bits per heavy atom. The molecular weight excluding hydrogens is 385 g/mol. The minimum absolute atomic E-state index is 0.318. The molecule has 94 valence electrons. The predicted octanol–water partition coefficient (Wildman–Crippen LogP) is 4.11. The number of ether oxygens (including phenoxy) is 2. The predicted molar refractivity (Wildman–Crippen MR) is 79.9 cm³/mol. The van der Waals surface area contributed by atoms with Crippen LogP contribution in [0, 0.1) is 2.88 Å². The molecule has 2 heterocycles. The van der Waals surface area contributed by atoms with Crippen molar-refractivity contribution in [2.75, 3.05) is 13.2 Å². The summed E-state index contributed by atoms with van der Waals surface area (Å²) in [5.74, 6) is 0. The molecule has 1 aromatic carbocycles. The second kappa shape index (κ2) is 5.42. The van der Waals surface area contributed by atoms with Crippen molar-refractivity contribution in [3.63, 3.8) is 0 Å². The molecular formula is C12H9ClINO2S. The molecule has 1 saturated heterocycles. The van der Waals surface area contributed by atoms with Gasteiger partial charge in [-0.2, -0.15) is 0 Å². The lowest BCUT2D eigenvalue weighted by molar-refractivity contribution is -0.0473. The van der Waals surface area contributed by atoms with Crippen molar-refractivity contribution in [1.29, 1.82) is 0 Å². The molecule has 0 radical (unpaired) electrons. The summed E-state index contributed by atoms with van der Waals surface area (Å²) in [5.41, 5.74) is 1.89. The van der Waals surface area contributed by atoms with Gasteiger partial charge in [-0.3, -0.25) is 0 Å². The van der Waals surface area contributed by atoms with E-state index in [4.69, 9.17) is 21.1 Å². The second-order valence-electron chi connectivity index (χ2n) is 3.76. The fourth-order valence-corrected chi connectivity index (χ4v) is 3.72. The van der Waals surface area contributed by atoms with Crippen molar-refractivity contribution in [1.82, 2.24) is 4.98 Å². The Morgan fingerprint density at radius 3 is 2.83 bits per heavy atom. The van der Waals surface area contributed by atoms with Crippen molar-refractivity contribution < 1.29 is 9.47 Å². The largest absolute Gasteiger partial charge is 0.345 e. The van der Waals surface area contributed by atoms with Crippen LogP contribution in [-0.4, -0.2) is 18.2 Å². The summed E-state index contributed by atoms with van der Waals surface area (Å²) in [6, 6.07) is 7.69. The first-order valence-corrected chi connectivity index (χ1v) is 7.67. The maximum Gasteiger partial charge on any atom is 0.203 e. The number of hydrogen-bond acceptors (Lipinski definition) is 4. The summed E-state index contributed by atoms with van der Waals surface area (Å²) in [6.07, 6.45) is -0.318. The highest BCUT2D eigenvalue weighted by atomic mass is 127. The van der Waals surface area contributed by atoms with Crippen LogP contribution in [0.2, 0.25) is 5.02 Å². The van der Waals surface area contributed by atoms with Crippen LogP contribution in [0.15, 0.2) is 24.3 Å². The molecule has 0 atom stereocenters. The Balaban J connectivity index is 1.96. The van der Waals surface area contributed by atoms with Crippen molar-refractivity contribution in [3.05, 3.63) is 37.9 Å². The van der Waals surface area contributed by atoms with Crippen LogP contribution < -0.4 is 0 Å². The van der Waals surface area contributed by atoms with Gasteiger partial charge in [0.05, 0.1) is 16.1 Å². The van der Waals surface area contributed by atoms with Crippen molar-refractivity contribution >= 4 is 45.5 Å². The van der Waals surface area contributed by atoms with Gasteiger partial charge in [0, 0.05) is 10.6 Å². The third-order valence-corrected chi connectivity index (χ3v) is 4.88. The minimum Gasteiger partial charge on any atom is -0.345 e. The Labute approximate surface area is 127 Å². The monoisotopic (exact) mass is 393 g/mol. The highest BCUT2D eigenvalue weighted by molar-refractivity contribution is 14.1. The molecule has 1 aromatic heterocycles. The molecule has 0 aliphatic carbocycles. The number of hydrogen-bond donors (Lipinski definition) is 0. The molecule has 2 aromatic rings. The van der Waals surface area contributed by atoms with Gasteiger partial charge in [-0.05, 0) is 34.7 Å². The van der Waals surface area contributed by atoms with Crippen molar-refractivity contribution in [2.24, 2.45) is 0 Å². The third-order valence-electron chi connectivity index (χ3n) is 2.53. The molecule has 0 saturated carbocycles. The first kappa shape index (κ1) is 12.8. The van der Waals surface area contributed by atoms with Gasteiger partial charge in [0.15, 0.2) is 0 Å². The van der Waals surface area contributed by atoms with E-state index >= 15 is 0 Å². The number of nitrogens with zero attached hydrogens (tertiary/aromatic N) is 1. The zero-order chi connectivity index (χ0) is 12.5. The number of rotatable bonds is 2. The maximum absolute atomic E-state index is 5.99. The van der Waals surface area contributed by atoms with Gasteiger partial charge in [-0.15, -0.1) is 11.3 Å². The van der Waals surface area contributed by atoms with Gasteiger partial charge in [0.25, 0.3) is 0 Å². The Morgan fingerprint density at radius 2 is 2.11 bits per heavy atom. The normalized spacial score (nSPS) is 16.3. The van der Waals surface area contributed by atoms with Crippen LogP contribution >= 0.6 is 45.5 Å². The van der Waals surface area contributed by atoms with Crippen molar-refractivity contribution in [2.45, 2.75) is 6.29 Å². The molecule has 3 rings (SSSR count). The Hall–Kier alpha value is -0.210. The fraction of sp³-hybridized carbons (Fsp3) is 0.250. The summed E-state index contributed by atoms with van der Waals surface area (Å²) < 4.78 is 12.1. The SMILES string of the molecule is Clc1cccc(-c2nc(C3OCCO3)c(I)s2)c1. The summed E-state index contributed by atoms with van der Waals surface area (Å²) in [7, 11) is 0. The van der Waals surface area contributed by atoms with E-state index < -0.39 is 0 Å². The number of benzene rings is 1. The van der Waals surface area contributed by atoms with E-state index in [0.29, 0.717) is 18.2 Å². The zero-order valence-electron chi connectivity index (χ0n) is 9.23. The molecule has 0 amide bonds. The molecule has 1 aliphatic rings. The van der Waals surface area contributed by atoms with E-state index in [1.54, 1.807) is 11.3 Å². The summed E-state index contributed by atoms with van der Waals surface area (Å²) in [6.45, 7) is 1.26. The highest BCUT2D eigenvalue weighted by Gasteiger charge is 2.25. The molecule has 0 bridgehead atoms.